The van der Waals surface area contributed by atoms with Gasteiger partial charge < -0.3 is 19.9 Å². The van der Waals surface area contributed by atoms with Gasteiger partial charge in [-0.1, -0.05) is 66.2 Å². The fourth-order valence-electron chi connectivity index (χ4n) is 4.34. The van der Waals surface area contributed by atoms with Crippen LogP contribution in [0.2, 0.25) is 5.02 Å². The van der Waals surface area contributed by atoms with Gasteiger partial charge in [-0.05, 0) is 48.4 Å². The minimum Gasteiger partial charge on any atom is -0.489 e. The van der Waals surface area contributed by atoms with Crippen LogP contribution in [-0.2, 0) is 6.61 Å². The SMILES string of the molecule is Cc1ccccc1C(=O)Oc1ccc2c(c1)OC(N)=C(C#N)C2c1ccc(OCc2ccccc2Cl)cc1. The van der Waals surface area contributed by atoms with E-state index in [-0.39, 0.29) is 5.88 Å². The maximum Gasteiger partial charge on any atom is 0.343 e. The predicted octanol–water partition coefficient (Wildman–Crippen LogP) is 6.66. The van der Waals surface area contributed by atoms with E-state index in [2.05, 4.69) is 6.07 Å². The second kappa shape index (κ2) is 10.7. The van der Waals surface area contributed by atoms with Crippen LogP contribution in [0.4, 0.5) is 0 Å². The summed E-state index contributed by atoms with van der Waals surface area (Å²) >= 11 is 6.22. The number of carbonyl (C=O) groups excluding carboxylic acids is 1. The van der Waals surface area contributed by atoms with Gasteiger partial charge in [0.25, 0.3) is 0 Å². The summed E-state index contributed by atoms with van der Waals surface area (Å²) in [5, 5.41) is 10.5. The Morgan fingerprint density at radius 1 is 1.00 bits per heavy atom. The molecule has 0 aromatic heterocycles. The lowest BCUT2D eigenvalue weighted by Crippen LogP contribution is -2.21. The van der Waals surface area contributed by atoms with Gasteiger partial charge in [0, 0.05) is 22.2 Å². The van der Waals surface area contributed by atoms with Crippen LogP contribution in [0.5, 0.6) is 17.2 Å². The van der Waals surface area contributed by atoms with Crippen molar-refractivity contribution in [1.29, 1.82) is 5.26 Å². The molecule has 0 bridgehead atoms. The number of esters is 1. The third kappa shape index (κ3) is 5.06. The van der Waals surface area contributed by atoms with Crippen molar-refractivity contribution >= 4 is 17.6 Å². The Hall–Kier alpha value is -4.73. The molecule has 5 rings (SSSR count). The maximum absolute atomic E-state index is 12.7. The zero-order valence-corrected chi connectivity index (χ0v) is 21.2. The zero-order chi connectivity index (χ0) is 26.6. The largest absolute Gasteiger partial charge is 0.489 e. The number of ether oxygens (including phenoxy) is 3. The van der Waals surface area contributed by atoms with Gasteiger partial charge in [-0.25, -0.2) is 4.79 Å². The van der Waals surface area contributed by atoms with Crippen LogP contribution >= 0.6 is 11.6 Å². The number of carbonyl (C=O) groups is 1. The van der Waals surface area contributed by atoms with Gasteiger partial charge in [0.2, 0.25) is 5.88 Å². The number of nitrogens with zero attached hydrogens (tertiary/aromatic N) is 1. The van der Waals surface area contributed by atoms with Crippen molar-refractivity contribution in [2.45, 2.75) is 19.4 Å². The maximum atomic E-state index is 12.7. The lowest BCUT2D eigenvalue weighted by Gasteiger charge is -2.27. The molecule has 6 nitrogen and oxygen atoms in total. The molecular weight excluding hydrogens is 500 g/mol. The molecule has 0 spiro atoms. The molecule has 0 saturated heterocycles. The van der Waals surface area contributed by atoms with E-state index < -0.39 is 11.9 Å². The van der Waals surface area contributed by atoms with Crippen molar-refractivity contribution in [3.05, 3.63) is 135 Å². The van der Waals surface area contributed by atoms with E-state index in [0.717, 1.165) is 22.3 Å². The van der Waals surface area contributed by atoms with Crippen LogP contribution in [-0.4, -0.2) is 5.97 Å². The second-order valence-electron chi connectivity index (χ2n) is 8.78. The first-order valence-corrected chi connectivity index (χ1v) is 12.3. The highest BCUT2D eigenvalue weighted by Gasteiger charge is 2.31. The van der Waals surface area contributed by atoms with Crippen molar-refractivity contribution in [3.63, 3.8) is 0 Å². The lowest BCUT2D eigenvalue weighted by atomic mass is 9.83. The fraction of sp³-hybridized carbons (Fsp3) is 0.0968. The van der Waals surface area contributed by atoms with Gasteiger partial charge in [0.05, 0.1) is 11.5 Å². The number of halogens is 1. The van der Waals surface area contributed by atoms with E-state index in [1.165, 1.54) is 0 Å². The Kier molecular flexibility index (Phi) is 7.03. The highest BCUT2D eigenvalue weighted by molar-refractivity contribution is 6.31. The Morgan fingerprint density at radius 3 is 2.45 bits per heavy atom. The Labute approximate surface area is 225 Å². The molecule has 0 amide bonds. The van der Waals surface area contributed by atoms with Gasteiger partial charge in [-0.2, -0.15) is 5.26 Å². The van der Waals surface area contributed by atoms with Crippen LogP contribution in [0.15, 0.2) is 102 Å². The summed E-state index contributed by atoms with van der Waals surface area (Å²) in [5.41, 5.74) is 10.2. The fourth-order valence-corrected chi connectivity index (χ4v) is 4.53. The Bertz CT molecular complexity index is 1590. The van der Waals surface area contributed by atoms with Crippen LogP contribution in [0.1, 0.15) is 38.5 Å². The summed E-state index contributed by atoms with van der Waals surface area (Å²) in [6, 6.07) is 29.4. The van der Waals surface area contributed by atoms with Gasteiger partial charge >= 0.3 is 5.97 Å². The molecule has 1 heterocycles. The monoisotopic (exact) mass is 522 g/mol. The highest BCUT2D eigenvalue weighted by Crippen LogP contribution is 2.43. The van der Waals surface area contributed by atoms with Crippen molar-refractivity contribution in [1.82, 2.24) is 0 Å². The predicted molar refractivity (Wildman–Crippen MR) is 144 cm³/mol. The molecule has 0 saturated carbocycles. The number of rotatable bonds is 6. The molecule has 1 aliphatic rings. The van der Waals surface area contributed by atoms with Crippen molar-refractivity contribution < 1.29 is 19.0 Å². The molecule has 7 heteroatoms. The first-order valence-electron chi connectivity index (χ1n) is 11.9. The van der Waals surface area contributed by atoms with E-state index in [4.69, 9.17) is 31.5 Å². The number of nitrogens with two attached hydrogens (primary N) is 1. The zero-order valence-electron chi connectivity index (χ0n) is 20.5. The summed E-state index contributed by atoms with van der Waals surface area (Å²) in [6.45, 7) is 2.18. The van der Waals surface area contributed by atoms with Crippen molar-refractivity contribution in [3.8, 4) is 23.3 Å². The summed E-state index contributed by atoms with van der Waals surface area (Å²) in [6.07, 6.45) is 0. The number of hydrogen-bond donors (Lipinski definition) is 1. The smallest absolute Gasteiger partial charge is 0.343 e. The topological polar surface area (TPSA) is 94.6 Å². The number of nitriles is 1. The van der Waals surface area contributed by atoms with Gasteiger partial charge in [-0.3, -0.25) is 0 Å². The molecule has 38 heavy (non-hydrogen) atoms. The molecule has 0 radical (unpaired) electrons. The quantitative estimate of drug-likeness (QED) is 0.224. The first kappa shape index (κ1) is 24.9. The van der Waals surface area contributed by atoms with Gasteiger partial charge in [0.1, 0.15) is 35.5 Å². The number of fused-ring (bicyclic) bond motifs is 1. The third-order valence-corrected chi connectivity index (χ3v) is 6.70. The first-order chi connectivity index (χ1) is 18.4. The van der Waals surface area contributed by atoms with E-state index in [1.54, 1.807) is 30.3 Å². The van der Waals surface area contributed by atoms with E-state index in [0.29, 0.717) is 40.0 Å². The van der Waals surface area contributed by atoms with Crippen LogP contribution in [0.25, 0.3) is 0 Å². The van der Waals surface area contributed by atoms with Gasteiger partial charge in [0.15, 0.2) is 0 Å². The molecule has 0 aliphatic carbocycles. The molecule has 1 aliphatic heterocycles. The molecule has 4 aromatic carbocycles. The Balaban J connectivity index is 1.39. The minimum absolute atomic E-state index is 0.00595. The van der Waals surface area contributed by atoms with Crippen molar-refractivity contribution in [2.24, 2.45) is 5.73 Å². The molecule has 4 aromatic rings. The van der Waals surface area contributed by atoms with E-state index in [9.17, 15) is 10.1 Å². The molecular formula is C31H23ClN2O4. The van der Waals surface area contributed by atoms with Crippen molar-refractivity contribution in [2.75, 3.05) is 0 Å². The number of benzene rings is 4. The van der Waals surface area contributed by atoms with Gasteiger partial charge in [-0.15, -0.1) is 0 Å². The molecule has 0 fully saturated rings. The number of hydrogen-bond acceptors (Lipinski definition) is 6. The average molecular weight is 523 g/mol. The Morgan fingerprint density at radius 2 is 1.71 bits per heavy atom. The second-order valence-corrected chi connectivity index (χ2v) is 9.19. The normalized spacial score (nSPS) is 14.2. The summed E-state index contributed by atoms with van der Waals surface area (Å²) < 4.78 is 17.3. The molecule has 1 atom stereocenters. The number of aryl methyl sites for hydroxylation is 1. The molecule has 2 N–H and O–H groups in total. The number of allylic oxidation sites excluding steroid dienone is 1. The summed E-state index contributed by atoms with van der Waals surface area (Å²) in [7, 11) is 0. The van der Waals surface area contributed by atoms with Crippen LogP contribution in [0.3, 0.4) is 0 Å². The summed E-state index contributed by atoms with van der Waals surface area (Å²) in [5.74, 6) is 0.473. The summed E-state index contributed by atoms with van der Waals surface area (Å²) in [4.78, 5) is 12.7. The minimum atomic E-state index is -0.469. The third-order valence-electron chi connectivity index (χ3n) is 6.33. The average Bonchev–Trinajstić information content (AvgIpc) is 2.92. The van der Waals surface area contributed by atoms with E-state index in [1.807, 2.05) is 67.6 Å². The van der Waals surface area contributed by atoms with Crippen LogP contribution in [0, 0.1) is 18.3 Å². The van der Waals surface area contributed by atoms with E-state index >= 15 is 0 Å². The standard InChI is InChI=1S/C31H23ClN2O4/c1-19-6-2-4-8-24(19)31(35)37-23-14-15-25-28(16-23)38-30(34)26(17-33)29(25)20-10-12-22(13-11-20)36-18-21-7-3-5-9-27(21)32/h2-16,29H,18,34H2,1H3. The van der Waals surface area contributed by atoms with Crippen LogP contribution < -0.4 is 19.9 Å². The highest BCUT2D eigenvalue weighted by atomic mass is 35.5. The molecule has 188 valence electrons. The molecule has 1 unspecified atom stereocenters. The lowest BCUT2D eigenvalue weighted by molar-refractivity contribution is 0.0733.